The van der Waals surface area contributed by atoms with E-state index in [0.717, 1.165) is 0 Å². The Hall–Kier alpha value is -2.73. The number of ether oxygens (including phenoxy) is 1. The smallest absolute Gasteiger partial charge is 0.243 e. The lowest BCUT2D eigenvalue weighted by Crippen LogP contribution is -2.40. The average Bonchev–Trinajstić information content (AvgIpc) is 3.49. The molecule has 9 nitrogen and oxygen atoms in total. The van der Waals surface area contributed by atoms with Crippen LogP contribution in [0.3, 0.4) is 0 Å². The van der Waals surface area contributed by atoms with E-state index in [1.807, 2.05) is 4.57 Å². The summed E-state index contributed by atoms with van der Waals surface area (Å²) in [5.41, 5.74) is 1.16. The summed E-state index contributed by atoms with van der Waals surface area (Å²) in [4.78, 5) is 15.4. The van der Waals surface area contributed by atoms with E-state index in [4.69, 9.17) is 4.74 Å². The largest absolute Gasteiger partial charge is 0.379 e. The van der Waals surface area contributed by atoms with E-state index in [1.54, 1.807) is 48.7 Å². The maximum Gasteiger partial charge on any atom is 0.243 e. The highest BCUT2D eigenvalue weighted by Crippen LogP contribution is 2.27. The quantitative estimate of drug-likeness (QED) is 0.289. The van der Waals surface area contributed by atoms with Gasteiger partial charge in [-0.1, -0.05) is 30.0 Å². The first-order chi connectivity index (χ1) is 15.5. The number of H-pyrrole nitrogens is 1. The van der Waals surface area contributed by atoms with Gasteiger partial charge in [-0.2, -0.15) is 4.31 Å². The lowest BCUT2D eigenvalue weighted by molar-refractivity contribution is 0.0730. The third kappa shape index (κ3) is 4.70. The zero-order chi connectivity index (χ0) is 22.6. The van der Waals surface area contributed by atoms with E-state index >= 15 is 0 Å². The minimum atomic E-state index is -3.64. The van der Waals surface area contributed by atoms with Gasteiger partial charge < -0.3 is 9.72 Å². The Morgan fingerprint density at radius 1 is 1.22 bits per heavy atom. The van der Waals surface area contributed by atoms with Gasteiger partial charge >= 0.3 is 0 Å². The number of nitrogens with one attached hydrogen (secondary N) is 1. The molecule has 3 aromatic rings. The summed E-state index contributed by atoms with van der Waals surface area (Å²) >= 11 is 1.27. The summed E-state index contributed by atoms with van der Waals surface area (Å²) in [7, 11) is -3.64. The molecule has 168 valence electrons. The molecule has 32 heavy (non-hydrogen) atoms. The van der Waals surface area contributed by atoms with Crippen molar-refractivity contribution in [2.45, 2.75) is 16.6 Å². The van der Waals surface area contributed by atoms with Gasteiger partial charge in [-0.05, 0) is 24.3 Å². The number of ketones is 1. The molecule has 0 spiro atoms. The maximum atomic E-state index is 13.0. The molecule has 1 fully saturated rings. The van der Waals surface area contributed by atoms with E-state index in [9.17, 15) is 13.2 Å². The first-order valence-corrected chi connectivity index (χ1v) is 12.4. The van der Waals surface area contributed by atoms with Crippen molar-refractivity contribution in [2.24, 2.45) is 0 Å². The molecule has 0 amide bonds. The first-order valence-electron chi connectivity index (χ1n) is 10.0. The van der Waals surface area contributed by atoms with Crippen molar-refractivity contribution in [1.29, 1.82) is 0 Å². The fraction of sp³-hybridized carbons (Fsp3) is 0.286. The molecular weight excluding hydrogens is 450 g/mol. The van der Waals surface area contributed by atoms with Crippen molar-refractivity contribution in [2.75, 3.05) is 32.1 Å². The highest BCUT2D eigenvalue weighted by atomic mass is 32.2. The molecule has 0 aliphatic carbocycles. The molecule has 0 bridgehead atoms. The molecule has 1 aromatic carbocycles. The van der Waals surface area contributed by atoms with E-state index in [2.05, 4.69) is 21.8 Å². The molecule has 0 unspecified atom stereocenters. The Bertz CT molecular complexity index is 1200. The Morgan fingerprint density at radius 3 is 2.75 bits per heavy atom. The molecule has 2 aromatic heterocycles. The van der Waals surface area contributed by atoms with Crippen molar-refractivity contribution >= 4 is 27.6 Å². The number of hydrogen-bond donors (Lipinski definition) is 1. The number of sulfonamides is 1. The molecule has 1 aliphatic heterocycles. The number of morpholine rings is 1. The van der Waals surface area contributed by atoms with Gasteiger partial charge in [-0.3, -0.25) is 9.36 Å². The summed E-state index contributed by atoms with van der Waals surface area (Å²) < 4.78 is 34.6. The van der Waals surface area contributed by atoms with E-state index in [1.165, 1.54) is 16.1 Å². The third-order valence-corrected chi connectivity index (χ3v) is 7.82. The highest BCUT2D eigenvalue weighted by molar-refractivity contribution is 7.99. The van der Waals surface area contributed by atoms with Gasteiger partial charge in [-0.25, -0.2) is 8.42 Å². The zero-order valence-electron chi connectivity index (χ0n) is 17.3. The van der Waals surface area contributed by atoms with Gasteiger partial charge in [0.15, 0.2) is 16.8 Å². The molecule has 0 radical (unpaired) electrons. The van der Waals surface area contributed by atoms with Crippen LogP contribution in [0.5, 0.6) is 0 Å². The van der Waals surface area contributed by atoms with Gasteiger partial charge in [-0.15, -0.1) is 16.8 Å². The minimum Gasteiger partial charge on any atom is -0.379 e. The van der Waals surface area contributed by atoms with Gasteiger partial charge in [0.05, 0.1) is 29.6 Å². The summed E-state index contributed by atoms with van der Waals surface area (Å²) in [6, 6.07) is 10.2. The van der Waals surface area contributed by atoms with Crippen LogP contribution in [0.25, 0.3) is 11.4 Å². The fourth-order valence-electron chi connectivity index (χ4n) is 3.35. The number of Topliss-reactive ketones (excluding diaryl/α,β-unsaturated/α-hetero) is 1. The normalized spacial score (nSPS) is 15.0. The van der Waals surface area contributed by atoms with E-state index in [0.29, 0.717) is 55.1 Å². The SMILES string of the molecule is C=CCn1c(SCC(=O)c2ccc[nH]2)nnc1-c1cccc(S(=O)(=O)N2CCOCC2)c1. The number of carbonyl (C=O) groups excluding carboxylic acids is 1. The number of nitrogens with zero attached hydrogens (tertiary/aromatic N) is 4. The maximum absolute atomic E-state index is 13.0. The monoisotopic (exact) mass is 473 g/mol. The number of aromatic nitrogens is 4. The summed E-state index contributed by atoms with van der Waals surface area (Å²) in [6.45, 7) is 5.63. The van der Waals surface area contributed by atoms with Crippen LogP contribution in [0, 0.1) is 0 Å². The van der Waals surface area contributed by atoms with E-state index < -0.39 is 10.0 Å². The predicted molar refractivity (Wildman–Crippen MR) is 121 cm³/mol. The minimum absolute atomic E-state index is 0.0479. The molecule has 0 saturated carbocycles. The second-order valence-corrected chi connectivity index (χ2v) is 9.93. The fourth-order valence-corrected chi connectivity index (χ4v) is 5.63. The Labute approximate surface area is 190 Å². The van der Waals surface area contributed by atoms with Gasteiger partial charge in [0.1, 0.15) is 0 Å². The molecule has 1 aliphatic rings. The molecule has 1 N–H and O–H groups in total. The predicted octanol–water partition coefficient (Wildman–Crippen LogP) is 2.46. The number of benzene rings is 1. The van der Waals surface area contributed by atoms with Crippen molar-refractivity contribution in [1.82, 2.24) is 24.1 Å². The van der Waals surface area contributed by atoms with Crippen molar-refractivity contribution < 1.29 is 17.9 Å². The lowest BCUT2D eigenvalue weighted by Gasteiger charge is -2.26. The molecule has 3 heterocycles. The first kappa shape index (κ1) is 22.5. The van der Waals surface area contributed by atoms with Crippen LogP contribution < -0.4 is 0 Å². The van der Waals surface area contributed by atoms with Crippen LogP contribution in [-0.4, -0.2) is 70.3 Å². The van der Waals surface area contributed by atoms with Crippen LogP contribution in [0.2, 0.25) is 0 Å². The van der Waals surface area contributed by atoms with Crippen molar-refractivity contribution in [3.05, 3.63) is 60.9 Å². The van der Waals surface area contributed by atoms with Crippen LogP contribution in [0.4, 0.5) is 0 Å². The number of allylic oxidation sites excluding steroid dienone is 1. The van der Waals surface area contributed by atoms with Crippen molar-refractivity contribution in [3.63, 3.8) is 0 Å². The van der Waals surface area contributed by atoms with E-state index in [-0.39, 0.29) is 16.4 Å². The standard InChI is InChI=1S/C21H23N5O4S2/c1-2-9-26-20(23-24-21(26)31-15-19(27)18-7-4-8-22-18)16-5-3-6-17(14-16)32(28,29)25-10-12-30-13-11-25/h2-8,14,22H,1,9-13,15H2. The Balaban J connectivity index is 1.60. The summed E-state index contributed by atoms with van der Waals surface area (Å²) in [6.07, 6.45) is 3.41. The second kappa shape index (κ2) is 9.82. The van der Waals surface area contributed by atoms with Gasteiger partial charge in [0.25, 0.3) is 0 Å². The van der Waals surface area contributed by atoms with Gasteiger partial charge in [0.2, 0.25) is 10.0 Å². The molecule has 4 rings (SSSR count). The number of rotatable bonds is 9. The van der Waals surface area contributed by atoms with Crippen LogP contribution in [-0.2, 0) is 21.3 Å². The molecule has 1 saturated heterocycles. The topological polar surface area (TPSA) is 110 Å². The third-order valence-electron chi connectivity index (χ3n) is 4.96. The lowest BCUT2D eigenvalue weighted by atomic mass is 10.2. The van der Waals surface area contributed by atoms with Crippen LogP contribution >= 0.6 is 11.8 Å². The van der Waals surface area contributed by atoms with Crippen LogP contribution in [0.15, 0.2) is 65.3 Å². The molecule has 0 atom stereocenters. The Morgan fingerprint density at radius 2 is 2.03 bits per heavy atom. The number of aromatic amines is 1. The molecule has 11 heteroatoms. The molecular formula is C21H23N5O4S2. The van der Waals surface area contributed by atoms with Crippen LogP contribution in [0.1, 0.15) is 10.5 Å². The van der Waals surface area contributed by atoms with Crippen molar-refractivity contribution in [3.8, 4) is 11.4 Å². The number of hydrogen-bond acceptors (Lipinski definition) is 7. The number of carbonyl (C=O) groups is 1. The highest BCUT2D eigenvalue weighted by Gasteiger charge is 2.27. The summed E-state index contributed by atoms with van der Waals surface area (Å²) in [5, 5.41) is 9.07. The van der Waals surface area contributed by atoms with Gasteiger partial charge in [0, 0.05) is 31.4 Å². The summed E-state index contributed by atoms with van der Waals surface area (Å²) in [5.74, 6) is 0.661. The Kier molecular flexibility index (Phi) is 6.89. The zero-order valence-corrected chi connectivity index (χ0v) is 18.9. The number of thioether (sulfide) groups is 1. The second-order valence-electron chi connectivity index (χ2n) is 7.05. The average molecular weight is 474 g/mol.